The van der Waals surface area contributed by atoms with Crippen LogP contribution in [0.4, 0.5) is 4.79 Å². The zero-order valence-corrected chi connectivity index (χ0v) is 12.8. The topological polar surface area (TPSA) is 207 Å². The van der Waals surface area contributed by atoms with Gasteiger partial charge in [0.2, 0.25) is 5.16 Å². The minimum absolute atomic E-state index is 0.130. The molecular weight excluding hydrogens is 348 g/mol. The van der Waals surface area contributed by atoms with Crippen LogP contribution >= 0.6 is 11.8 Å². The van der Waals surface area contributed by atoms with Crippen molar-refractivity contribution in [3.8, 4) is 0 Å². The average molecular weight is 362 g/mol. The number of amides is 2. The number of thioether (sulfide) groups is 1. The molecule has 13 nitrogen and oxygen atoms in total. The summed E-state index contributed by atoms with van der Waals surface area (Å²) in [5.74, 6) is -4.13. The summed E-state index contributed by atoms with van der Waals surface area (Å²) in [7, 11) is 0. The second kappa shape index (κ2) is 9.29. The summed E-state index contributed by atoms with van der Waals surface area (Å²) in [4.78, 5) is 44.3. The van der Waals surface area contributed by atoms with Crippen LogP contribution in [0.2, 0.25) is 0 Å². The molecule has 0 aromatic carbocycles. The van der Waals surface area contributed by atoms with Crippen molar-refractivity contribution in [3.63, 3.8) is 0 Å². The molecule has 1 heterocycles. The molecule has 0 aliphatic heterocycles. The molecule has 0 radical (unpaired) electrons. The molecule has 14 heteroatoms. The van der Waals surface area contributed by atoms with Gasteiger partial charge in [0.25, 0.3) is 0 Å². The first-order chi connectivity index (χ1) is 11.3. The van der Waals surface area contributed by atoms with Crippen molar-refractivity contribution in [3.05, 3.63) is 0 Å². The third-order valence-corrected chi connectivity index (χ3v) is 3.49. The lowest BCUT2D eigenvalue weighted by atomic mass is 10.1. The molecule has 1 aromatic rings. The fourth-order valence-corrected chi connectivity index (χ4v) is 2.18. The van der Waals surface area contributed by atoms with Gasteiger partial charge >= 0.3 is 23.9 Å². The van der Waals surface area contributed by atoms with E-state index in [1.807, 2.05) is 5.32 Å². The molecule has 0 bridgehead atoms. The third kappa shape index (κ3) is 6.91. The fourth-order valence-electron chi connectivity index (χ4n) is 1.43. The number of aromatic amines is 1. The van der Waals surface area contributed by atoms with E-state index in [1.54, 1.807) is 0 Å². The molecule has 132 valence electrons. The van der Waals surface area contributed by atoms with Gasteiger partial charge in [0.05, 0.1) is 0 Å². The molecule has 0 saturated heterocycles. The van der Waals surface area contributed by atoms with Gasteiger partial charge in [-0.3, -0.25) is 4.79 Å². The molecule has 0 aliphatic rings. The van der Waals surface area contributed by atoms with Crippen molar-refractivity contribution in [2.75, 3.05) is 5.75 Å². The summed E-state index contributed by atoms with van der Waals surface area (Å²) in [6, 6.07) is -3.85. The highest BCUT2D eigenvalue weighted by Gasteiger charge is 2.25. The van der Waals surface area contributed by atoms with Crippen molar-refractivity contribution < 1.29 is 34.5 Å². The Hall–Kier alpha value is -2.90. The van der Waals surface area contributed by atoms with Gasteiger partial charge in [-0.25, -0.2) is 14.4 Å². The number of hydrogen-bond acceptors (Lipinski definition) is 8. The van der Waals surface area contributed by atoms with E-state index in [1.165, 1.54) is 0 Å². The molecule has 0 spiro atoms. The normalized spacial score (nSPS) is 12.8. The highest BCUT2D eigenvalue weighted by atomic mass is 32.2. The summed E-state index contributed by atoms with van der Waals surface area (Å²) in [6.07, 6.45) is -0.805. The molecule has 2 atom stereocenters. The van der Waals surface area contributed by atoms with Crippen LogP contribution in [0.3, 0.4) is 0 Å². The van der Waals surface area contributed by atoms with Gasteiger partial charge in [0.1, 0.15) is 12.1 Å². The van der Waals surface area contributed by atoms with Crippen molar-refractivity contribution in [2.45, 2.75) is 30.1 Å². The van der Waals surface area contributed by atoms with Gasteiger partial charge in [-0.05, 0) is 11.6 Å². The second-order valence-electron chi connectivity index (χ2n) is 4.34. The number of nitrogens with one attached hydrogen (secondary N) is 3. The van der Waals surface area contributed by atoms with Gasteiger partial charge < -0.3 is 26.0 Å². The summed E-state index contributed by atoms with van der Waals surface area (Å²) in [5.41, 5.74) is 0. The molecule has 0 fully saturated rings. The van der Waals surface area contributed by atoms with Crippen LogP contribution in [-0.4, -0.2) is 77.7 Å². The van der Waals surface area contributed by atoms with Gasteiger partial charge in [-0.1, -0.05) is 11.8 Å². The number of urea groups is 1. The highest BCUT2D eigenvalue weighted by molar-refractivity contribution is 7.99. The molecule has 0 unspecified atom stereocenters. The van der Waals surface area contributed by atoms with Crippen LogP contribution in [0.5, 0.6) is 0 Å². The number of carboxylic acids is 3. The Morgan fingerprint density at radius 1 is 1.08 bits per heavy atom. The first kappa shape index (κ1) is 19.1. The van der Waals surface area contributed by atoms with Crippen LogP contribution < -0.4 is 10.6 Å². The largest absolute Gasteiger partial charge is 0.481 e. The summed E-state index contributed by atoms with van der Waals surface area (Å²) < 4.78 is 0. The van der Waals surface area contributed by atoms with Crippen LogP contribution in [0.25, 0.3) is 0 Å². The fraction of sp³-hybridized carbons (Fsp3) is 0.500. The number of tetrazole rings is 1. The minimum atomic E-state index is -1.46. The zero-order chi connectivity index (χ0) is 18.1. The van der Waals surface area contributed by atoms with Gasteiger partial charge in [-0.2, -0.15) is 5.21 Å². The first-order valence-electron chi connectivity index (χ1n) is 6.40. The first-order valence-corrected chi connectivity index (χ1v) is 7.38. The van der Waals surface area contributed by atoms with Crippen molar-refractivity contribution in [1.29, 1.82) is 0 Å². The van der Waals surface area contributed by atoms with E-state index >= 15 is 0 Å². The number of nitrogens with zero attached hydrogens (tertiary/aromatic N) is 3. The quantitative estimate of drug-likeness (QED) is 0.260. The monoisotopic (exact) mass is 362 g/mol. The number of carbonyl (C=O) groups is 4. The number of carboxylic acid groups (broad SMARTS) is 3. The molecule has 1 rings (SSSR count). The van der Waals surface area contributed by atoms with E-state index in [-0.39, 0.29) is 17.3 Å². The number of rotatable bonds is 10. The lowest BCUT2D eigenvalue weighted by Gasteiger charge is -2.17. The minimum Gasteiger partial charge on any atom is -0.481 e. The predicted octanol–water partition coefficient (Wildman–Crippen LogP) is -1.64. The number of aromatic nitrogens is 4. The average Bonchev–Trinajstić information content (AvgIpc) is 3.00. The van der Waals surface area contributed by atoms with E-state index in [4.69, 9.17) is 15.3 Å². The van der Waals surface area contributed by atoms with Crippen LogP contribution in [0.1, 0.15) is 12.8 Å². The number of H-pyrrole nitrogens is 1. The van der Waals surface area contributed by atoms with Crippen LogP contribution in [0, 0.1) is 0 Å². The Kier molecular flexibility index (Phi) is 7.41. The van der Waals surface area contributed by atoms with E-state index in [2.05, 4.69) is 25.9 Å². The van der Waals surface area contributed by atoms with E-state index in [9.17, 15) is 19.2 Å². The smallest absolute Gasteiger partial charge is 0.327 e. The maximum Gasteiger partial charge on any atom is 0.327 e. The number of aliphatic carboxylic acids is 3. The Morgan fingerprint density at radius 2 is 1.71 bits per heavy atom. The van der Waals surface area contributed by atoms with Gasteiger partial charge in [0.15, 0.2) is 0 Å². The lowest BCUT2D eigenvalue weighted by molar-refractivity contribution is -0.140. The van der Waals surface area contributed by atoms with Gasteiger partial charge in [-0.15, -0.1) is 10.2 Å². The maximum atomic E-state index is 11.7. The Labute approximate surface area is 138 Å². The van der Waals surface area contributed by atoms with Crippen molar-refractivity contribution >= 4 is 35.7 Å². The number of hydrogen-bond donors (Lipinski definition) is 6. The molecule has 2 amide bonds. The van der Waals surface area contributed by atoms with Crippen LogP contribution in [-0.2, 0) is 14.4 Å². The van der Waals surface area contributed by atoms with E-state index in [0.717, 1.165) is 11.8 Å². The standard InChI is InChI=1S/C10H14N6O7S/c17-6(18)2-1-4(7(19)20)11-9(23)12-5(8(21)22)3-24-10-13-15-16-14-10/h4-5H,1-3H2,(H,17,18)(H,19,20)(H,21,22)(H2,11,12,23)(H,13,14,15,16)/t4-,5-/m0/s1. The predicted molar refractivity (Wildman–Crippen MR) is 76.3 cm³/mol. The summed E-state index contributed by atoms with van der Waals surface area (Å²) >= 11 is 0.912. The maximum absolute atomic E-state index is 11.7. The van der Waals surface area contributed by atoms with E-state index in [0.29, 0.717) is 0 Å². The van der Waals surface area contributed by atoms with E-state index < -0.39 is 42.4 Å². The van der Waals surface area contributed by atoms with Crippen molar-refractivity contribution in [1.82, 2.24) is 31.3 Å². The zero-order valence-electron chi connectivity index (χ0n) is 12.0. The second-order valence-corrected chi connectivity index (χ2v) is 5.32. The van der Waals surface area contributed by atoms with Crippen molar-refractivity contribution in [2.24, 2.45) is 0 Å². The molecule has 0 aliphatic carbocycles. The summed E-state index contributed by atoms with van der Waals surface area (Å²) in [6.45, 7) is 0. The molecular formula is C10H14N6O7S. The molecule has 24 heavy (non-hydrogen) atoms. The lowest BCUT2D eigenvalue weighted by Crippen LogP contribution is -2.52. The molecule has 0 saturated carbocycles. The number of carbonyl (C=O) groups excluding carboxylic acids is 1. The Balaban J connectivity index is 2.54. The van der Waals surface area contributed by atoms with Gasteiger partial charge in [0, 0.05) is 12.2 Å². The highest BCUT2D eigenvalue weighted by Crippen LogP contribution is 2.11. The Morgan fingerprint density at radius 3 is 2.21 bits per heavy atom. The molecule has 1 aromatic heterocycles. The summed E-state index contributed by atoms with van der Waals surface area (Å²) in [5, 5.41) is 43.4. The Bertz CT molecular complexity index is 595. The molecule has 6 N–H and O–H groups in total. The SMILES string of the molecule is O=C(O)CC[C@H](NC(=O)N[C@@H](CSc1nn[nH]n1)C(=O)O)C(=O)O. The third-order valence-electron chi connectivity index (χ3n) is 2.56. The van der Waals surface area contributed by atoms with Crippen LogP contribution in [0.15, 0.2) is 5.16 Å².